The van der Waals surface area contributed by atoms with Crippen molar-refractivity contribution in [2.45, 2.75) is 0 Å². The minimum Gasteiger partial charge on any atom is -0.461 e. The fourth-order valence-electron chi connectivity index (χ4n) is 1.24. The van der Waals surface area contributed by atoms with Gasteiger partial charge in [0.1, 0.15) is 5.82 Å². The molecule has 0 bridgehead atoms. The number of pyridine rings is 1. The minimum atomic E-state index is -0.531. The van der Waals surface area contributed by atoms with Gasteiger partial charge in [-0.1, -0.05) is 0 Å². The van der Waals surface area contributed by atoms with Gasteiger partial charge in [0.2, 0.25) is 0 Å². The molecule has 2 N–H and O–H groups in total. The molecular formula is C9H6BrN3O3. The number of nitro groups is 1. The van der Waals surface area contributed by atoms with Crippen LogP contribution in [0, 0.1) is 10.1 Å². The second kappa shape index (κ2) is 3.93. The van der Waals surface area contributed by atoms with Gasteiger partial charge in [0, 0.05) is 6.07 Å². The van der Waals surface area contributed by atoms with Gasteiger partial charge in [-0.15, -0.1) is 0 Å². The zero-order chi connectivity index (χ0) is 11.7. The van der Waals surface area contributed by atoms with Crippen molar-refractivity contribution in [3.8, 4) is 11.5 Å². The zero-order valence-electron chi connectivity index (χ0n) is 7.88. The summed E-state index contributed by atoms with van der Waals surface area (Å²) in [5.41, 5.74) is 5.46. The van der Waals surface area contributed by atoms with Gasteiger partial charge in [-0.25, -0.2) is 4.98 Å². The summed E-state index contributed by atoms with van der Waals surface area (Å²) in [6.07, 6.45) is 1.41. The number of rotatable bonds is 2. The van der Waals surface area contributed by atoms with Crippen LogP contribution in [0.25, 0.3) is 11.5 Å². The first kappa shape index (κ1) is 10.6. The van der Waals surface area contributed by atoms with Gasteiger partial charge in [0.25, 0.3) is 5.69 Å². The average molecular weight is 284 g/mol. The van der Waals surface area contributed by atoms with Gasteiger partial charge in [-0.3, -0.25) is 10.1 Å². The Hall–Kier alpha value is -1.89. The molecule has 16 heavy (non-hydrogen) atoms. The van der Waals surface area contributed by atoms with Crippen LogP contribution in [0.15, 0.2) is 33.4 Å². The van der Waals surface area contributed by atoms with E-state index in [0.717, 1.165) is 0 Å². The number of hydrogen-bond donors (Lipinski definition) is 1. The van der Waals surface area contributed by atoms with E-state index in [1.54, 1.807) is 6.07 Å². The molecule has 0 fully saturated rings. The first-order chi connectivity index (χ1) is 7.59. The third-order valence-electron chi connectivity index (χ3n) is 1.92. The van der Waals surface area contributed by atoms with Crippen LogP contribution in [0.4, 0.5) is 11.5 Å². The second-order valence-corrected chi connectivity index (χ2v) is 3.81. The topological polar surface area (TPSA) is 95.2 Å². The SMILES string of the molecule is Nc1ccc([N+](=O)[O-])c(-c2occc2Br)n1. The van der Waals surface area contributed by atoms with Crippen molar-refractivity contribution in [2.75, 3.05) is 5.73 Å². The van der Waals surface area contributed by atoms with Crippen LogP contribution in [0.5, 0.6) is 0 Å². The molecule has 0 amide bonds. The molecule has 0 atom stereocenters. The molecule has 0 radical (unpaired) electrons. The zero-order valence-corrected chi connectivity index (χ0v) is 9.47. The van der Waals surface area contributed by atoms with Gasteiger partial charge in [0.15, 0.2) is 11.5 Å². The Morgan fingerprint density at radius 2 is 2.19 bits per heavy atom. The number of furan rings is 1. The molecule has 2 rings (SSSR count). The molecule has 2 aromatic heterocycles. The van der Waals surface area contributed by atoms with E-state index in [4.69, 9.17) is 10.2 Å². The van der Waals surface area contributed by atoms with Crippen LogP contribution in [0.2, 0.25) is 0 Å². The van der Waals surface area contributed by atoms with Gasteiger partial charge in [-0.2, -0.15) is 0 Å². The highest BCUT2D eigenvalue weighted by Gasteiger charge is 2.21. The summed E-state index contributed by atoms with van der Waals surface area (Å²) < 4.78 is 5.72. The van der Waals surface area contributed by atoms with Crippen LogP contribution >= 0.6 is 15.9 Å². The monoisotopic (exact) mass is 283 g/mol. The molecule has 0 aromatic carbocycles. The van der Waals surface area contributed by atoms with E-state index < -0.39 is 4.92 Å². The number of nitrogens with zero attached hydrogens (tertiary/aromatic N) is 2. The second-order valence-electron chi connectivity index (χ2n) is 2.96. The molecule has 0 unspecified atom stereocenters. The Morgan fingerprint density at radius 1 is 1.44 bits per heavy atom. The van der Waals surface area contributed by atoms with E-state index in [2.05, 4.69) is 20.9 Å². The summed E-state index contributed by atoms with van der Waals surface area (Å²) in [6, 6.07) is 4.30. The summed E-state index contributed by atoms with van der Waals surface area (Å²) >= 11 is 3.21. The molecule has 6 nitrogen and oxygen atoms in total. The summed E-state index contributed by atoms with van der Waals surface area (Å²) in [7, 11) is 0. The molecule has 0 aliphatic rings. The maximum atomic E-state index is 10.8. The van der Waals surface area contributed by atoms with Gasteiger partial charge >= 0.3 is 0 Å². The maximum Gasteiger partial charge on any atom is 0.298 e. The smallest absolute Gasteiger partial charge is 0.298 e. The number of anilines is 1. The van der Waals surface area contributed by atoms with E-state index >= 15 is 0 Å². The Morgan fingerprint density at radius 3 is 2.75 bits per heavy atom. The van der Waals surface area contributed by atoms with E-state index in [0.29, 0.717) is 10.2 Å². The molecule has 82 valence electrons. The largest absolute Gasteiger partial charge is 0.461 e. The molecule has 2 heterocycles. The van der Waals surface area contributed by atoms with Crippen molar-refractivity contribution in [1.82, 2.24) is 4.98 Å². The average Bonchev–Trinajstić information content (AvgIpc) is 2.63. The number of aromatic nitrogens is 1. The predicted molar refractivity (Wildman–Crippen MR) is 60.7 cm³/mol. The highest BCUT2D eigenvalue weighted by Crippen LogP contribution is 2.34. The van der Waals surface area contributed by atoms with Gasteiger partial charge in [0.05, 0.1) is 15.7 Å². The molecular weight excluding hydrogens is 278 g/mol. The lowest BCUT2D eigenvalue weighted by atomic mass is 10.2. The minimum absolute atomic E-state index is 0.113. The van der Waals surface area contributed by atoms with Crippen LogP contribution in [0.3, 0.4) is 0 Å². The molecule has 0 saturated heterocycles. The third kappa shape index (κ3) is 1.76. The Balaban J connectivity index is 2.67. The molecule has 0 spiro atoms. The lowest BCUT2D eigenvalue weighted by Crippen LogP contribution is -1.97. The third-order valence-corrected chi connectivity index (χ3v) is 2.55. The van der Waals surface area contributed by atoms with E-state index in [1.807, 2.05) is 0 Å². The van der Waals surface area contributed by atoms with Crippen molar-refractivity contribution in [3.05, 3.63) is 39.0 Å². The van der Waals surface area contributed by atoms with E-state index in [-0.39, 0.29) is 17.2 Å². The van der Waals surface area contributed by atoms with Crippen molar-refractivity contribution in [1.29, 1.82) is 0 Å². The Bertz CT molecular complexity index is 553. The Labute approximate surface area is 98.4 Å². The Kier molecular flexibility index (Phi) is 2.61. The highest BCUT2D eigenvalue weighted by atomic mass is 79.9. The van der Waals surface area contributed by atoms with Crippen LogP contribution in [-0.2, 0) is 0 Å². The van der Waals surface area contributed by atoms with E-state index in [1.165, 1.54) is 18.4 Å². The summed E-state index contributed by atoms with van der Waals surface area (Å²) in [5.74, 6) is 0.489. The van der Waals surface area contributed by atoms with Crippen molar-refractivity contribution < 1.29 is 9.34 Å². The predicted octanol–water partition coefficient (Wildman–Crippen LogP) is 2.59. The van der Waals surface area contributed by atoms with Crippen LogP contribution < -0.4 is 5.73 Å². The van der Waals surface area contributed by atoms with Crippen LogP contribution in [-0.4, -0.2) is 9.91 Å². The number of halogens is 1. The lowest BCUT2D eigenvalue weighted by molar-refractivity contribution is -0.384. The lowest BCUT2D eigenvalue weighted by Gasteiger charge is -2.00. The molecule has 0 aliphatic heterocycles. The van der Waals surface area contributed by atoms with Gasteiger partial charge in [-0.05, 0) is 28.1 Å². The molecule has 7 heteroatoms. The quantitative estimate of drug-likeness (QED) is 0.675. The molecule has 0 saturated carbocycles. The van der Waals surface area contributed by atoms with Crippen LogP contribution in [0.1, 0.15) is 0 Å². The van der Waals surface area contributed by atoms with Crippen molar-refractivity contribution >= 4 is 27.4 Å². The summed E-state index contributed by atoms with van der Waals surface area (Å²) in [5, 5.41) is 10.8. The standard InChI is InChI=1S/C9H6BrN3O3/c10-5-3-4-16-9(5)8-6(13(14)15)1-2-7(11)12-8/h1-4H,(H2,11,12). The first-order valence-corrected chi connectivity index (χ1v) is 5.03. The number of nitrogens with two attached hydrogens (primary N) is 1. The van der Waals surface area contributed by atoms with E-state index in [9.17, 15) is 10.1 Å². The number of hydrogen-bond acceptors (Lipinski definition) is 5. The van der Waals surface area contributed by atoms with Gasteiger partial charge < -0.3 is 10.2 Å². The normalized spacial score (nSPS) is 10.3. The maximum absolute atomic E-state index is 10.8. The molecule has 2 aromatic rings. The first-order valence-electron chi connectivity index (χ1n) is 4.24. The highest BCUT2D eigenvalue weighted by molar-refractivity contribution is 9.10. The van der Waals surface area contributed by atoms with Crippen molar-refractivity contribution in [3.63, 3.8) is 0 Å². The number of nitrogen functional groups attached to an aromatic ring is 1. The summed E-state index contributed by atoms with van der Waals surface area (Å²) in [4.78, 5) is 14.2. The van der Waals surface area contributed by atoms with Crippen molar-refractivity contribution in [2.24, 2.45) is 0 Å². The molecule has 0 aliphatic carbocycles. The summed E-state index contributed by atoms with van der Waals surface area (Å²) in [6.45, 7) is 0. The fourth-order valence-corrected chi connectivity index (χ4v) is 1.63. The fraction of sp³-hybridized carbons (Fsp3) is 0.